The van der Waals surface area contributed by atoms with Crippen LogP contribution in [0, 0.1) is 0 Å². The number of unbranched alkanes of at least 4 members (excludes halogenated alkanes) is 2. The molecule has 0 aliphatic carbocycles. The number of esters is 1. The van der Waals surface area contributed by atoms with E-state index in [4.69, 9.17) is 4.74 Å². The van der Waals surface area contributed by atoms with Gasteiger partial charge in [-0.05, 0) is 40.3 Å². The summed E-state index contributed by atoms with van der Waals surface area (Å²) in [5.41, 5.74) is 0.716. The van der Waals surface area contributed by atoms with Gasteiger partial charge in [0.05, 0.1) is 0 Å². The molecule has 0 saturated carbocycles. The molecule has 0 rings (SSSR count). The fourth-order valence-electron chi connectivity index (χ4n) is 1.08. The molecule has 0 amide bonds. The molecule has 0 unspecified atom stereocenters. The molecule has 0 N–H and O–H groups in total. The minimum atomic E-state index is -0.194. The zero-order valence-electron chi connectivity index (χ0n) is 10.5. The van der Waals surface area contributed by atoms with Gasteiger partial charge in [0.2, 0.25) is 0 Å². The molecule has 0 saturated heterocycles. The Kier molecular flexibility index (Phi) is 9.63. The number of allylic oxidation sites excluding steroid dienone is 1. The monoisotopic (exact) mass is 291 g/mol. The van der Waals surface area contributed by atoms with Crippen molar-refractivity contribution >= 4 is 21.9 Å². The highest BCUT2D eigenvalue weighted by Crippen LogP contribution is 2.04. The lowest BCUT2D eigenvalue weighted by molar-refractivity contribution is -0.139. The van der Waals surface area contributed by atoms with Crippen molar-refractivity contribution in [2.45, 2.75) is 26.2 Å². The molecular formula is C12H22BrNO2. The molecule has 0 bridgehead atoms. The van der Waals surface area contributed by atoms with Crippen molar-refractivity contribution in [2.24, 2.45) is 0 Å². The topological polar surface area (TPSA) is 29.5 Å². The summed E-state index contributed by atoms with van der Waals surface area (Å²) >= 11 is 3.38. The van der Waals surface area contributed by atoms with Crippen molar-refractivity contribution in [1.29, 1.82) is 0 Å². The van der Waals surface area contributed by atoms with E-state index in [0.717, 1.165) is 31.1 Å². The van der Waals surface area contributed by atoms with E-state index in [9.17, 15) is 4.79 Å². The Morgan fingerprint density at radius 2 is 2.06 bits per heavy atom. The molecule has 0 heterocycles. The van der Waals surface area contributed by atoms with E-state index in [0.29, 0.717) is 12.2 Å². The molecule has 0 aliphatic heterocycles. The second-order valence-electron chi connectivity index (χ2n) is 4.01. The molecular weight excluding hydrogens is 270 g/mol. The first-order valence-electron chi connectivity index (χ1n) is 5.62. The van der Waals surface area contributed by atoms with Crippen LogP contribution in [0.15, 0.2) is 11.6 Å². The molecule has 0 fully saturated rings. The highest BCUT2D eigenvalue weighted by molar-refractivity contribution is 9.09. The number of carbonyl (C=O) groups is 1. The third-order valence-corrected chi connectivity index (χ3v) is 2.69. The number of carbonyl (C=O) groups excluding carboxylic acids is 1. The van der Waals surface area contributed by atoms with Crippen LogP contribution >= 0.6 is 15.9 Å². The molecule has 0 radical (unpaired) electrons. The van der Waals surface area contributed by atoms with Crippen LogP contribution in [0.4, 0.5) is 0 Å². The molecule has 94 valence electrons. The van der Waals surface area contributed by atoms with E-state index in [1.807, 2.05) is 32.0 Å². The Labute approximate surface area is 107 Å². The van der Waals surface area contributed by atoms with Crippen molar-refractivity contribution in [3.8, 4) is 0 Å². The Bertz CT molecular complexity index is 227. The predicted molar refractivity (Wildman–Crippen MR) is 70.9 cm³/mol. The van der Waals surface area contributed by atoms with Crippen molar-refractivity contribution in [3.05, 3.63) is 11.6 Å². The van der Waals surface area contributed by atoms with Crippen LogP contribution in [0.25, 0.3) is 0 Å². The first kappa shape index (κ1) is 15.7. The maximum absolute atomic E-state index is 11.5. The highest BCUT2D eigenvalue weighted by Gasteiger charge is 2.04. The molecule has 0 aliphatic rings. The van der Waals surface area contributed by atoms with E-state index >= 15 is 0 Å². The van der Waals surface area contributed by atoms with Crippen LogP contribution in [0.5, 0.6) is 0 Å². The number of nitrogens with zero attached hydrogens (tertiary/aromatic N) is 1. The van der Waals surface area contributed by atoms with Gasteiger partial charge in [-0.15, -0.1) is 0 Å². The Morgan fingerprint density at radius 1 is 1.38 bits per heavy atom. The fourth-order valence-corrected chi connectivity index (χ4v) is 1.47. The molecule has 3 nitrogen and oxygen atoms in total. The first-order valence-corrected chi connectivity index (χ1v) is 6.74. The number of alkyl halides is 1. The zero-order valence-corrected chi connectivity index (χ0v) is 12.0. The lowest BCUT2D eigenvalue weighted by atomic mass is 10.2. The van der Waals surface area contributed by atoms with Crippen LogP contribution in [0.2, 0.25) is 0 Å². The van der Waals surface area contributed by atoms with Gasteiger partial charge in [-0.3, -0.25) is 0 Å². The SMILES string of the molecule is CC(=CCCCCBr)C(=O)OCCN(C)C. The van der Waals surface area contributed by atoms with Gasteiger partial charge in [0, 0.05) is 17.4 Å². The minimum absolute atomic E-state index is 0.194. The van der Waals surface area contributed by atoms with Crippen LogP contribution in [-0.4, -0.2) is 43.4 Å². The highest BCUT2D eigenvalue weighted by atomic mass is 79.9. The van der Waals surface area contributed by atoms with E-state index in [-0.39, 0.29) is 5.97 Å². The van der Waals surface area contributed by atoms with Gasteiger partial charge < -0.3 is 9.64 Å². The van der Waals surface area contributed by atoms with Crippen molar-refractivity contribution in [2.75, 3.05) is 32.6 Å². The number of hydrogen-bond donors (Lipinski definition) is 0. The van der Waals surface area contributed by atoms with Crippen LogP contribution in [0.1, 0.15) is 26.2 Å². The lowest BCUT2D eigenvalue weighted by Crippen LogP contribution is -2.20. The standard InChI is InChI=1S/C12H22BrNO2/c1-11(7-5-4-6-8-13)12(15)16-10-9-14(2)3/h7H,4-6,8-10H2,1-3H3. The summed E-state index contributed by atoms with van der Waals surface area (Å²) in [6.45, 7) is 3.03. The van der Waals surface area contributed by atoms with Crippen molar-refractivity contribution in [1.82, 2.24) is 4.90 Å². The van der Waals surface area contributed by atoms with Gasteiger partial charge >= 0.3 is 5.97 Å². The largest absolute Gasteiger partial charge is 0.461 e. The molecule has 0 spiro atoms. The van der Waals surface area contributed by atoms with Crippen LogP contribution in [0.3, 0.4) is 0 Å². The molecule has 16 heavy (non-hydrogen) atoms. The number of likely N-dealkylation sites (N-methyl/N-ethyl adjacent to an activating group) is 1. The Hall–Kier alpha value is -0.350. The fraction of sp³-hybridized carbons (Fsp3) is 0.750. The van der Waals surface area contributed by atoms with E-state index in [1.165, 1.54) is 0 Å². The number of rotatable bonds is 8. The van der Waals surface area contributed by atoms with Gasteiger partial charge in [-0.2, -0.15) is 0 Å². The number of halogens is 1. The summed E-state index contributed by atoms with van der Waals surface area (Å²) in [6, 6.07) is 0. The Balaban J connectivity index is 3.71. The molecule has 0 atom stereocenters. The predicted octanol–water partition coefficient (Wildman–Crippen LogP) is 2.60. The molecule has 0 aromatic heterocycles. The average molecular weight is 292 g/mol. The number of hydrogen-bond acceptors (Lipinski definition) is 3. The summed E-state index contributed by atoms with van der Waals surface area (Å²) < 4.78 is 5.11. The van der Waals surface area contributed by atoms with Gasteiger partial charge in [0.1, 0.15) is 6.61 Å². The van der Waals surface area contributed by atoms with Crippen molar-refractivity contribution in [3.63, 3.8) is 0 Å². The first-order chi connectivity index (χ1) is 7.57. The molecule has 0 aromatic carbocycles. The van der Waals surface area contributed by atoms with Gasteiger partial charge in [0.15, 0.2) is 0 Å². The van der Waals surface area contributed by atoms with Crippen LogP contribution < -0.4 is 0 Å². The normalized spacial score (nSPS) is 11.9. The van der Waals surface area contributed by atoms with E-state index in [2.05, 4.69) is 15.9 Å². The lowest BCUT2D eigenvalue weighted by Gasteiger charge is -2.09. The maximum Gasteiger partial charge on any atom is 0.333 e. The quantitative estimate of drug-likeness (QED) is 0.298. The average Bonchev–Trinajstić information content (AvgIpc) is 2.23. The molecule has 0 aromatic rings. The zero-order chi connectivity index (χ0) is 12.4. The summed E-state index contributed by atoms with van der Waals surface area (Å²) in [6.07, 6.45) is 5.15. The second-order valence-corrected chi connectivity index (χ2v) is 4.80. The van der Waals surface area contributed by atoms with Gasteiger partial charge in [-0.1, -0.05) is 22.0 Å². The number of ether oxygens (including phenoxy) is 1. The van der Waals surface area contributed by atoms with E-state index < -0.39 is 0 Å². The summed E-state index contributed by atoms with van der Waals surface area (Å²) in [5, 5.41) is 1.02. The Morgan fingerprint density at radius 3 is 2.62 bits per heavy atom. The van der Waals surface area contributed by atoms with E-state index in [1.54, 1.807) is 0 Å². The molecule has 4 heteroatoms. The summed E-state index contributed by atoms with van der Waals surface area (Å²) in [4.78, 5) is 13.5. The summed E-state index contributed by atoms with van der Waals surface area (Å²) in [5.74, 6) is -0.194. The third kappa shape index (κ3) is 8.92. The van der Waals surface area contributed by atoms with Crippen molar-refractivity contribution < 1.29 is 9.53 Å². The maximum atomic E-state index is 11.5. The minimum Gasteiger partial charge on any atom is -0.461 e. The van der Waals surface area contributed by atoms with Gasteiger partial charge in [-0.25, -0.2) is 4.79 Å². The third-order valence-electron chi connectivity index (χ3n) is 2.13. The van der Waals surface area contributed by atoms with Crippen LogP contribution in [-0.2, 0) is 9.53 Å². The smallest absolute Gasteiger partial charge is 0.333 e. The second kappa shape index (κ2) is 9.85. The summed E-state index contributed by atoms with van der Waals surface area (Å²) in [7, 11) is 3.91. The van der Waals surface area contributed by atoms with Gasteiger partial charge in [0.25, 0.3) is 0 Å².